The van der Waals surface area contributed by atoms with Crippen LogP contribution in [0.3, 0.4) is 0 Å². The van der Waals surface area contributed by atoms with Crippen molar-refractivity contribution in [1.29, 1.82) is 0 Å². The summed E-state index contributed by atoms with van der Waals surface area (Å²) in [7, 11) is 1.67. The number of phenols is 1. The number of benzene rings is 1. The summed E-state index contributed by atoms with van der Waals surface area (Å²) in [6, 6.07) is 4.88. The normalized spacial score (nSPS) is 23.4. The molecule has 1 aromatic carbocycles. The number of piperidine rings is 1. The van der Waals surface area contributed by atoms with Gasteiger partial charge < -0.3 is 14.7 Å². The number of hydrogen-bond acceptors (Lipinski definition) is 3. The first kappa shape index (κ1) is 14.3. The zero-order valence-corrected chi connectivity index (χ0v) is 12.7. The fourth-order valence-corrected chi connectivity index (χ4v) is 2.76. The van der Waals surface area contributed by atoms with Crippen molar-refractivity contribution in [3.63, 3.8) is 0 Å². The molecule has 0 saturated carbocycles. The summed E-state index contributed by atoms with van der Waals surface area (Å²) in [6.07, 6.45) is 1.85. The van der Waals surface area contributed by atoms with Crippen LogP contribution in [-0.4, -0.2) is 41.7 Å². The van der Waals surface area contributed by atoms with Crippen LogP contribution in [0.2, 0.25) is 0 Å². The lowest BCUT2D eigenvalue weighted by atomic mass is 9.94. The van der Waals surface area contributed by atoms with Gasteiger partial charge in [-0.25, -0.2) is 0 Å². The van der Waals surface area contributed by atoms with Crippen molar-refractivity contribution in [2.24, 2.45) is 0 Å². The van der Waals surface area contributed by atoms with Crippen molar-refractivity contribution in [1.82, 2.24) is 4.90 Å². The second kappa shape index (κ2) is 5.51. The summed E-state index contributed by atoms with van der Waals surface area (Å²) in [4.78, 5) is 14.2. The van der Waals surface area contributed by atoms with E-state index in [0.717, 1.165) is 17.3 Å². The van der Waals surface area contributed by atoms with Crippen LogP contribution in [0.25, 0.3) is 0 Å². The van der Waals surface area contributed by atoms with Gasteiger partial charge in [0.2, 0.25) is 0 Å². The van der Waals surface area contributed by atoms with E-state index in [1.165, 1.54) is 6.07 Å². The third-order valence-corrected chi connectivity index (χ3v) is 4.12. The molecule has 0 spiro atoms. The van der Waals surface area contributed by atoms with Gasteiger partial charge in [0.1, 0.15) is 5.75 Å². The number of hydrogen-bond donors (Lipinski definition) is 1. The molecule has 5 heteroatoms. The first-order valence-corrected chi connectivity index (χ1v) is 7.07. The summed E-state index contributed by atoms with van der Waals surface area (Å²) in [6.45, 7) is 3.26. The van der Waals surface area contributed by atoms with Gasteiger partial charge in [-0.05, 0) is 38.0 Å². The van der Waals surface area contributed by atoms with Gasteiger partial charge in [-0.1, -0.05) is 15.9 Å². The second-order valence-corrected chi connectivity index (χ2v) is 6.06. The van der Waals surface area contributed by atoms with E-state index in [1.807, 2.05) is 6.92 Å². The topological polar surface area (TPSA) is 49.8 Å². The predicted octanol–water partition coefficient (Wildman–Crippen LogP) is 2.80. The Hall–Kier alpha value is -1.07. The van der Waals surface area contributed by atoms with E-state index in [-0.39, 0.29) is 17.3 Å². The third kappa shape index (κ3) is 3.09. The summed E-state index contributed by atoms with van der Waals surface area (Å²) in [5.41, 5.74) is 0.0324. The molecular formula is C14H18BrNO3. The number of nitrogens with zero attached hydrogens (tertiary/aromatic N) is 1. The van der Waals surface area contributed by atoms with E-state index >= 15 is 0 Å². The number of likely N-dealkylation sites (tertiary alicyclic amines) is 1. The van der Waals surface area contributed by atoms with Crippen molar-refractivity contribution < 1.29 is 14.6 Å². The fraction of sp³-hybridized carbons (Fsp3) is 0.500. The predicted molar refractivity (Wildman–Crippen MR) is 76.4 cm³/mol. The van der Waals surface area contributed by atoms with E-state index in [1.54, 1.807) is 24.1 Å². The second-order valence-electron chi connectivity index (χ2n) is 5.15. The molecule has 1 amide bonds. The van der Waals surface area contributed by atoms with Crippen LogP contribution < -0.4 is 0 Å². The Morgan fingerprint density at radius 3 is 2.95 bits per heavy atom. The molecule has 1 aliphatic rings. The van der Waals surface area contributed by atoms with Crippen LogP contribution in [0, 0.1) is 0 Å². The highest BCUT2D eigenvalue weighted by Crippen LogP contribution is 2.28. The van der Waals surface area contributed by atoms with E-state index in [4.69, 9.17) is 4.74 Å². The minimum atomic E-state index is -0.296. The molecule has 4 nitrogen and oxygen atoms in total. The number of carbonyl (C=O) groups excluding carboxylic acids is 1. The van der Waals surface area contributed by atoms with Crippen molar-refractivity contribution in [2.75, 3.05) is 20.2 Å². The molecule has 1 N–H and O–H groups in total. The number of amides is 1. The Bertz CT molecular complexity index is 492. The Labute approximate surface area is 121 Å². The van der Waals surface area contributed by atoms with E-state index < -0.39 is 0 Å². The minimum absolute atomic E-state index is 0.0119. The molecule has 1 aromatic rings. The molecule has 1 saturated heterocycles. The van der Waals surface area contributed by atoms with Crippen LogP contribution in [0.4, 0.5) is 0 Å². The molecule has 0 bridgehead atoms. The first-order valence-electron chi connectivity index (χ1n) is 6.28. The van der Waals surface area contributed by atoms with Crippen LogP contribution in [-0.2, 0) is 4.74 Å². The van der Waals surface area contributed by atoms with Gasteiger partial charge in [0.15, 0.2) is 0 Å². The van der Waals surface area contributed by atoms with Gasteiger partial charge in [0.05, 0.1) is 11.2 Å². The molecule has 0 aliphatic carbocycles. The molecule has 1 atom stereocenters. The molecule has 1 fully saturated rings. The Morgan fingerprint density at radius 1 is 1.53 bits per heavy atom. The molecule has 0 radical (unpaired) electrons. The van der Waals surface area contributed by atoms with Crippen LogP contribution >= 0.6 is 15.9 Å². The maximum absolute atomic E-state index is 12.5. The molecule has 1 heterocycles. The third-order valence-electron chi connectivity index (χ3n) is 3.63. The van der Waals surface area contributed by atoms with Crippen LogP contribution in [0.15, 0.2) is 22.7 Å². The Balaban J connectivity index is 2.22. The molecule has 1 unspecified atom stereocenters. The average molecular weight is 328 g/mol. The highest BCUT2D eigenvalue weighted by Gasteiger charge is 2.33. The molecule has 19 heavy (non-hydrogen) atoms. The van der Waals surface area contributed by atoms with Gasteiger partial charge in [-0.3, -0.25) is 4.79 Å². The quantitative estimate of drug-likeness (QED) is 0.908. The molecule has 0 aromatic heterocycles. The lowest BCUT2D eigenvalue weighted by Gasteiger charge is -2.39. The SMILES string of the molecule is COC1(C)CCCN(C(=O)c2cc(Br)ccc2O)C1. The number of halogens is 1. The highest BCUT2D eigenvalue weighted by atomic mass is 79.9. The molecule has 2 rings (SSSR count). The van der Waals surface area contributed by atoms with Gasteiger partial charge >= 0.3 is 0 Å². The first-order chi connectivity index (χ1) is 8.95. The zero-order valence-electron chi connectivity index (χ0n) is 11.1. The smallest absolute Gasteiger partial charge is 0.257 e. The zero-order chi connectivity index (χ0) is 14.0. The lowest BCUT2D eigenvalue weighted by Crippen LogP contribution is -2.49. The number of carbonyl (C=O) groups is 1. The van der Waals surface area contributed by atoms with E-state index in [2.05, 4.69) is 15.9 Å². The molecular weight excluding hydrogens is 310 g/mol. The van der Waals surface area contributed by atoms with Crippen molar-refractivity contribution in [3.05, 3.63) is 28.2 Å². The average Bonchev–Trinajstić information content (AvgIpc) is 2.41. The Morgan fingerprint density at radius 2 is 2.26 bits per heavy atom. The van der Waals surface area contributed by atoms with Crippen LogP contribution in [0.1, 0.15) is 30.1 Å². The maximum Gasteiger partial charge on any atom is 0.257 e. The van der Waals surface area contributed by atoms with Gasteiger partial charge in [-0.2, -0.15) is 0 Å². The minimum Gasteiger partial charge on any atom is -0.507 e. The summed E-state index contributed by atoms with van der Waals surface area (Å²) < 4.78 is 6.26. The Kier molecular flexibility index (Phi) is 4.16. The largest absolute Gasteiger partial charge is 0.507 e. The number of rotatable bonds is 2. The lowest BCUT2D eigenvalue weighted by molar-refractivity contribution is -0.0440. The van der Waals surface area contributed by atoms with Crippen molar-refractivity contribution in [2.45, 2.75) is 25.4 Å². The number of methoxy groups -OCH3 is 1. The molecule has 104 valence electrons. The van der Waals surface area contributed by atoms with E-state index in [0.29, 0.717) is 18.7 Å². The maximum atomic E-state index is 12.5. The monoisotopic (exact) mass is 327 g/mol. The number of ether oxygens (including phenoxy) is 1. The molecule has 1 aliphatic heterocycles. The summed E-state index contributed by atoms with van der Waals surface area (Å²) in [5.74, 6) is -0.139. The fourth-order valence-electron chi connectivity index (χ4n) is 2.40. The summed E-state index contributed by atoms with van der Waals surface area (Å²) >= 11 is 3.32. The van der Waals surface area contributed by atoms with Gasteiger partial charge in [-0.15, -0.1) is 0 Å². The number of phenolic OH excluding ortho intramolecular Hbond substituents is 1. The van der Waals surface area contributed by atoms with Crippen molar-refractivity contribution >= 4 is 21.8 Å². The van der Waals surface area contributed by atoms with E-state index in [9.17, 15) is 9.90 Å². The number of aromatic hydroxyl groups is 1. The summed E-state index contributed by atoms with van der Waals surface area (Å²) in [5, 5.41) is 9.82. The standard InChI is InChI=1S/C14H18BrNO3/c1-14(19-2)6-3-7-16(9-14)13(18)11-8-10(15)4-5-12(11)17/h4-5,8,17H,3,6-7,9H2,1-2H3. The van der Waals surface area contributed by atoms with Gasteiger partial charge in [0, 0.05) is 24.7 Å². The van der Waals surface area contributed by atoms with Crippen LogP contribution in [0.5, 0.6) is 5.75 Å². The van der Waals surface area contributed by atoms with Gasteiger partial charge in [0.25, 0.3) is 5.91 Å². The van der Waals surface area contributed by atoms with Crippen molar-refractivity contribution in [3.8, 4) is 5.75 Å². The highest BCUT2D eigenvalue weighted by molar-refractivity contribution is 9.10.